The van der Waals surface area contributed by atoms with Crippen LogP contribution in [0.3, 0.4) is 0 Å². The number of para-hydroxylation sites is 1. The highest BCUT2D eigenvalue weighted by atomic mass is 16.2. The number of fused-ring (bicyclic) bond motifs is 2. The van der Waals surface area contributed by atoms with Crippen molar-refractivity contribution in [1.82, 2.24) is 5.32 Å². The fourth-order valence-electron chi connectivity index (χ4n) is 5.39. The van der Waals surface area contributed by atoms with Crippen molar-refractivity contribution in [1.29, 1.82) is 0 Å². The second kappa shape index (κ2) is 17.9. The summed E-state index contributed by atoms with van der Waals surface area (Å²) in [5.41, 5.74) is 5.05. The molecule has 2 atom stereocenters. The quantitative estimate of drug-likeness (QED) is 0.358. The van der Waals surface area contributed by atoms with Crippen LogP contribution in [0.1, 0.15) is 122 Å². The molecule has 0 radical (unpaired) electrons. The van der Waals surface area contributed by atoms with Crippen molar-refractivity contribution >= 4 is 17.5 Å². The molecule has 5 rings (SSSR count). The fraction of sp³-hybridized carbons (Fsp3) is 0.611. The van der Waals surface area contributed by atoms with E-state index in [1.165, 1.54) is 44.9 Å². The third kappa shape index (κ3) is 11.5. The molecule has 2 amide bonds. The van der Waals surface area contributed by atoms with Crippen LogP contribution in [0.5, 0.6) is 0 Å². The summed E-state index contributed by atoms with van der Waals surface area (Å²) in [4.78, 5) is 25.1. The first-order valence-corrected chi connectivity index (χ1v) is 16.0. The third-order valence-corrected chi connectivity index (χ3v) is 7.86. The number of nitrogens with one attached hydrogen (secondary N) is 1. The second-order valence-electron chi connectivity index (χ2n) is 12.0. The van der Waals surface area contributed by atoms with Gasteiger partial charge in [-0.3, -0.25) is 9.59 Å². The Bertz CT molecular complexity index is 1030. The van der Waals surface area contributed by atoms with Gasteiger partial charge in [0.15, 0.2) is 0 Å². The average Bonchev–Trinajstić information content (AvgIpc) is 3.71. The van der Waals surface area contributed by atoms with Crippen LogP contribution in [0.2, 0.25) is 0 Å². The van der Waals surface area contributed by atoms with Crippen LogP contribution in [0, 0.1) is 11.8 Å². The molecule has 1 fully saturated rings. The van der Waals surface area contributed by atoms with E-state index in [-0.39, 0.29) is 18.4 Å². The van der Waals surface area contributed by atoms with Gasteiger partial charge in [-0.1, -0.05) is 117 Å². The van der Waals surface area contributed by atoms with Crippen LogP contribution in [0.15, 0.2) is 48.5 Å². The maximum atomic E-state index is 11.8. The summed E-state index contributed by atoms with van der Waals surface area (Å²) in [7, 11) is 0. The molecule has 1 N–H and O–H groups in total. The fourth-order valence-corrected chi connectivity index (χ4v) is 5.39. The van der Waals surface area contributed by atoms with Crippen LogP contribution in [-0.4, -0.2) is 24.4 Å². The van der Waals surface area contributed by atoms with E-state index >= 15 is 0 Å². The maximum Gasteiger partial charge on any atom is 0.240 e. The van der Waals surface area contributed by atoms with Crippen LogP contribution in [0.4, 0.5) is 5.69 Å². The van der Waals surface area contributed by atoms with Crippen molar-refractivity contribution in [2.24, 2.45) is 11.8 Å². The van der Waals surface area contributed by atoms with Gasteiger partial charge in [0.05, 0.1) is 6.42 Å². The lowest BCUT2D eigenvalue weighted by molar-refractivity contribution is -0.123. The van der Waals surface area contributed by atoms with Crippen LogP contribution in [0.25, 0.3) is 0 Å². The minimum atomic E-state index is -0.0578. The van der Waals surface area contributed by atoms with Crippen molar-refractivity contribution in [3.63, 3.8) is 0 Å². The topological polar surface area (TPSA) is 49.4 Å². The Balaban J connectivity index is 0.000000214. The molecule has 1 aliphatic heterocycles. The Labute approximate surface area is 245 Å². The number of hydrogen-bond donors (Lipinski definition) is 1. The van der Waals surface area contributed by atoms with E-state index in [1.54, 1.807) is 16.0 Å². The Morgan fingerprint density at radius 3 is 2.20 bits per heavy atom. The number of rotatable bonds is 8. The lowest BCUT2D eigenvalue weighted by Gasteiger charge is -2.21. The maximum absolute atomic E-state index is 11.8. The molecule has 40 heavy (non-hydrogen) atoms. The number of carbonyl (C=O) groups excluding carboxylic acids is 2. The molecule has 2 aromatic carbocycles. The summed E-state index contributed by atoms with van der Waals surface area (Å²) in [6.07, 6.45) is 12.2. The van der Waals surface area contributed by atoms with E-state index < -0.39 is 0 Å². The van der Waals surface area contributed by atoms with Gasteiger partial charge in [-0.15, -0.1) is 0 Å². The molecule has 0 bridgehead atoms. The highest BCUT2D eigenvalue weighted by molar-refractivity contribution is 6.05. The lowest BCUT2D eigenvalue weighted by Crippen LogP contribution is -2.39. The van der Waals surface area contributed by atoms with Crippen molar-refractivity contribution in [2.75, 3.05) is 11.4 Å². The number of hydrogen-bond acceptors (Lipinski definition) is 2. The van der Waals surface area contributed by atoms with Gasteiger partial charge in [0, 0.05) is 11.7 Å². The SMILES string of the molecule is CC.CC1CCCc2ccccc21.CCCC(C)CCC(C)C.O=C(CN1C(=O)Cc2ccccc21)NC1CC1. The molecule has 0 aromatic heterocycles. The molecule has 0 spiro atoms. The van der Waals surface area contributed by atoms with E-state index in [2.05, 4.69) is 64.2 Å². The summed E-state index contributed by atoms with van der Waals surface area (Å²) < 4.78 is 0. The number of amides is 2. The zero-order valence-corrected chi connectivity index (χ0v) is 26.5. The zero-order chi connectivity index (χ0) is 29.5. The van der Waals surface area contributed by atoms with E-state index in [0.717, 1.165) is 41.8 Å². The molecule has 4 nitrogen and oxygen atoms in total. The summed E-state index contributed by atoms with van der Waals surface area (Å²) in [5.74, 6) is 2.58. The first-order chi connectivity index (χ1) is 19.3. The van der Waals surface area contributed by atoms with Crippen molar-refractivity contribution in [2.45, 2.75) is 125 Å². The van der Waals surface area contributed by atoms with E-state index in [4.69, 9.17) is 0 Å². The first-order valence-electron chi connectivity index (χ1n) is 16.0. The molecule has 3 aliphatic rings. The smallest absolute Gasteiger partial charge is 0.240 e. The Hall–Kier alpha value is -2.62. The molecule has 1 heterocycles. The number of anilines is 1. The summed E-state index contributed by atoms with van der Waals surface area (Å²) in [5, 5.41) is 2.90. The molecule has 222 valence electrons. The Morgan fingerprint density at radius 2 is 1.57 bits per heavy atom. The molecule has 1 saturated carbocycles. The lowest BCUT2D eigenvalue weighted by atomic mass is 9.84. The molecular formula is C36H56N2O2. The molecule has 0 saturated heterocycles. The van der Waals surface area contributed by atoms with Gasteiger partial charge in [0.25, 0.3) is 0 Å². The molecule has 2 aromatic rings. The minimum Gasteiger partial charge on any atom is -0.352 e. The van der Waals surface area contributed by atoms with Crippen LogP contribution < -0.4 is 10.2 Å². The standard InChI is InChI=1S/C13H14N2O2.C11H14.C10H22.C2H6/c16-12(14-10-5-6-10)8-15-11-4-2-1-3-9(11)7-13(15)17;1-9-5-4-7-10-6-2-3-8-11(9)10;1-5-6-10(4)8-7-9(2)3;1-2/h1-4,10H,5-8H2,(H,14,16);2-3,6,8-9H,4-5,7H2,1H3;9-10H,5-8H2,1-4H3;1-2H3. The van der Waals surface area contributed by atoms with Gasteiger partial charge in [0.1, 0.15) is 6.54 Å². The third-order valence-electron chi connectivity index (χ3n) is 7.86. The van der Waals surface area contributed by atoms with Gasteiger partial charge in [-0.05, 0) is 72.6 Å². The molecule has 2 unspecified atom stereocenters. The van der Waals surface area contributed by atoms with Crippen molar-refractivity contribution in [3.05, 3.63) is 65.2 Å². The van der Waals surface area contributed by atoms with Gasteiger partial charge >= 0.3 is 0 Å². The van der Waals surface area contributed by atoms with Crippen LogP contribution >= 0.6 is 0 Å². The zero-order valence-electron chi connectivity index (χ0n) is 26.5. The van der Waals surface area contributed by atoms with Gasteiger partial charge in [-0.2, -0.15) is 0 Å². The highest BCUT2D eigenvalue weighted by Gasteiger charge is 2.30. The summed E-state index contributed by atoms with van der Waals surface area (Å²) in [6.45, 7) is 15.7. The normalized spacial score (nSPS) is 17.6. The highest BCUT2D eigenvalue weighted by Crippen LogP contribution is 2.30. The van der Waals surface area contributed by atoms with Crippen LogP contribution in [-0.2, 0) is 22.4 Å². The van der Waals surface area contributed by atoms with Gasteiger partial charge in [0.2, 0.25) is 11.8 Å². The number of aryl methyl sites for hydroxylation is 1. The number of carbonyl (C=O) groups is 2. The summed E-state index contributed by atoms with van der Waals surface area (Å²) >= 11 is 0. The predicted octanol–water partition coefficient (Wildman–Crippen LogP) is 8.87. The van der Waals surface area contributed by atoms with Crippen molar-refractivity contribution < 1.29 is 9.59 Å². The number of benzene rings is 2. The van der Waals surface area contributed by atoms with Crippen molar-refractivity contribution in [3.8, 4) is 0 Å². The predicted molar refractivity (Wildman–Crippen MR) is 171 cm³/mol. The van der Waals surface area contributed by atoms with Gasteiger partial charge < -0.3 is 10.2 Å². The van der Waals surface area contributed by atoms with E-state index in [1.807, 2.05) is 38.1 Å². The monoisotopic (exact) mass is 548 g/mol. The average molecular weight is 549 g/mol. The second-order valence-corrected chi connectivity index (χ2v) is 12.0. The molecular weight excluding hydrogens is 492 g/mol. The number of nitrogens with zero attached hydrogens (tertiary/aromatic N) is 1. The van der Waals surface area contributed by atoms with Gasteiger partial charge in [-0.25, -0.2) is 0 Å². The molecule has 2 aliphatic carbocycles. The summed E-state index contributed by atoms with van der Waals surface area (Å²) in [6, 6.07) is 16.8. The Morgan fingerprint density at radius 1 is 0.925 bits per heavy atom. The minimum absolute atomic E-state index is 0.0112. The first kappa shape index (κ1) is 33.6. The van der Waals surface area contributed by atoms with E-state index in [9.17, 15) is 9.59 Å². The molecule has 4 heteroatoms. The largest absolute Gasteiger partial charge is 0.352 e. The van der Waals surface area contributed by atoms with E-state index in [0.29, 0.717) is 12.5 Å². The Kier molecular flexibility index (Phi) is 15.1.